The first-order valence-electron chi connectivity index (χ1n) is 9.14. The largest absolute Gasteiger partial charge is 0.416 e. The highest BCUT2D eigenvalue weighted by atomic mass is 19.4. The number of halogens is 3. The fourth-order valence-electron chi connectivity index (χ4n) is 2.91. The van der Waals surface area contributed by atoms with Gasteiger partial charge in [-0.3, -0.25) is 14.7 Å². The fraction of sp³-hybridized carbons (Fsp3) is 0.286. The van der Waals surface area contributed by atoms with Crippen molar-refractivity contribution in [1.29, 1.82) is 0 Å². The second-order valence-electron chi connectivity index (χ2n) is 6.95. The molecule has 0 spiro atoms. The summed E-state index contributed by atoms with van der Waals surface area (Å²) in [4.78, 5) is 28.0. The second-order valence-corrected chi connectivity index (χ2v) is 6.95. The molecule has 0 amide bonds. The van der Waals surface area contributed by atoms with E-state index < -0.39 is 11.7 Å². The number of H-pyrrole nitrogens is 1. The average Bonchev–Trinajstić information content (AvgIpc) is 2.96. The van der Waals surface area contributed by atoms with E-state index in [9.17, 15) is 22.8 Å². The van der Waals surface area contributed by atoms with Crippen molar-refractivity contribution in [2.75, 3.05) is 0 Å². The van der Waals surface area contributed by atoms with E-state index in [0.717, 1.165) is 17.7 Å². The van der Waals surface area contributed by atoms with Crippen LogP contribution in [-0.2, 0) is 35.3 Å². The van der Waals surface area contributed by atoms with Crippen LogP contribution < -0.4 is 5.56 Å². The molecular weight excluding hydrogens is 399 g/mol. The molecule has 3 rings (SSSR count). The number of nitrogens with zero attached hydrogens (tertiary/aromatic N) is 2. The summed E-state index contributed by atoms with van der Waals surface area (Å²) in [5, 5.41) is 2.91. The van der Waals surface area contributed by atoms with Crippen molar-refractivity contribution in [3.8, 4) is 5.82 Å². The van der Waals surface area contributed by atoms with Crippen LogP contribution in [0, 0.1) is 6.92 Å². The molecule has 0 aliphatic rings. The van der Waals surface area contributed by atoms with E-state index in [0.29, 0.717) is 22.6 Å². The van der Waals surface area contributed by atoms with Gasteiger partial charge in [-0.1, -0.05) is 18.2 Å². The summed E-state index contributed by atoms with van der Waals surface area (Å²) >= 11 is 0. The number of aromatic nitrogens is 3. The standard InChI is InChI=1S/C21H20F3N3O3/c1-13(28)9-18-14(2)26-27(20(18)29)19-8-5-16(10-25-19)12-30-11-15-3-6-17(7-4-15)21(22,23)24/h3-8,10,26H,9,11-12H2,1-2H3. The summed E-state index contributed by atoms with van der Waals surface area (Å²) in [5.74, 6) is 0.277. The number of nitrogens with one attached hydrogen (secondary N) is 1. The number of ether oxygens (including phenoxy) is 1. The maximum atomic E-state index is 12.6. The number of benzene rings is 1. The van der Waals surface area contributed by atoms with Crippen LogP contribution in [-0.4, -0.2) is 20.5 Å². The maximum absolute atomic E-state index is 12.6. The smallest absolute Gasteiger partial charge is 0.372 e. The topological polar surface area (TPSA) is 77.0 Å². The number of hydrogen-bond donors (Lipinski definition) is 1. The number of carbonyl (C=O) groups is 1. The zero-order chi connectivity index (χ0) is 21.9. The second kappa shape index (κ2) is 8.66. The Bertz CT molecular complexity index is 1080. The van der Waals surface area contributed by atoms with Crippen LogP contribution in [0.25, 0.3) is 5.82 Å². The zero-order valence-electron chi connectivity index (χ0n) is 16.4. The van der Waals surface area contributed by atoms with Crippen molar-refractivity contribution in [3.05, 3.63) is 80.9 Å². The predicted molar refractivity (Wildman–Crippen MR) is 103 cm³/mol. The fourth-order valence-corrected chi connectivity index (χ4v) is 2.91. The SMILES string of the molecule is CC(=O)Cc1c(C)[nH]n(-c2ccc(COCc3ccc(C(F)(F)F)cc3)cn2)c1=O. The number of ketones is 1. The Hall–Kier alpha value is -3.20. The molecule has 0 aliphatic heterocycles. The third-order valence-corrected chi connectivity index (χ3v) is 4.48. The highest BCUT2D eigenvalue weighted by Crippen LogP contribution is 2.29. The van der Waals surface area contributed by atoms with Crippen molar-refractivity contribution < 1.29 is 22.7 Å². The van der Waals surface area contributed by atoms with Gasteiger partial charge in [-0.15, -0.1) is 0 Å². The minimum Gasteiger partial charge on any atom is -0.372 e. The van der Waals surface area contributed by atoms with E-state index in [2.05, 4.69) is 10.1 Å². The lowest BCUT2D eigenvalue weighted by Gasteiger charge is -2.08. The third kappa shape index (κ3) is 5.04. The lowest BCUT2D eigenvalue weighted by molar-refractivity contribution is -0.137. The Labute approximate surface area is 170 Å². The van der Waals surface area contributed by atoms with Gasteiger partial charge < -0.3 is 4.74 Å². The highest BCUT2D eigenvalue weighted by molar-refractivity contribution is 5.78. The van der Waals surface area contributed by atoms with E-state index in [1.807, 2.05) is 0 Å². The molecule has 3 aromatic rings. The first kappa shape index (κ1) is 21.5. The quantitative estimate of drug-likeness (QED) is 0.633. The lowest BCUT2D eigenvalue weighted by Crippen LogP contribution is -2.19. The van der Waals surface area contributed by atoms with E-state index in [1.165, 1.54) is 23.7 Å². The number of alkyl halides is 3. The molecule has 9 heteroatoms. The maximum Gasteiger partial charge on any atom is 0.416 e. The summed E-state index contributed by atoms with van der Waals surface area (Å²) in [7, 11) is 0. The number of Topliss-reactive ketones (excluding diaryl/α,β-unsaturated/α-hetero) is 1. The number of aromatic amines is 1. The van der Waals surface area contributed by atoms with Crippen molar-refractivity contribution in [2.45, 2.75) is 39.7 Å². The first-order chi connectivity index (χ1) is 14.1. The zero-order valence-corrected chi connectivity index (χ0v) is 16.4. The van der Waals surface area contributed by atoms with Crippen molar-refractivity contribution in [1.82, 2.24) is 14.8 Å². The number of aryl methyl sites for hydroxylation is 1. The predicted octanol–water partition coefficient (Wildman–Crippen LogP) is 3.74. The van der Waals surface area contributed by atoms with E-state index in [1.54, 1.807) is 25.3 Å². The van der Waals surface area contributed by atoms with Crippen molar-refractivity contribution in [3.63, 3.8) is 0 Å². The van der Waals surface area contributed by atoms with Crippen LogP contribution >= 0.6 is 0 Å². The summed E-state index contributed by atoms with van der Waals surface area (Å²) in [5.41, 5.74) is 1.37. The third-order valence-electron chi connectivity index (χ3n) is 4.48. The molecule has 0 atom stereocenters. The highest BCUT2D eigenvalue weighted by Gasteiger charge is 2.29. The van der Waals surface area contributed by atoms with Gasteiger partial charge in [0.25, 0.3) is 5.56 Å². The van der Waals surface area contributed by atoms with Gasteiger partial charge in [0.15, 0.2) is 5.82 Å². The van der Waals surface area contributed by atoms with Gasteiger partial charge in [-0.05, 0) is 43.2 Å². The number of rotatable bonds is 7. The minimum atomic E-state index is -4.36. The summed E-state index contributed by atoms with van der Waals surface area (Å²) in [6.45, 7) is 3.51. The molecule has 0 fully saturated rings. The summed E-state index contributed by atoms with van der Waals surface area (Å²) in [6, 6.07) is 8.18. The molecular formula is C21H20F3N3O3. The molecule has 1 N–H and O–H groups in total. The molecule has 2 heterocycles. The first-order valence-corrected chi connectivity index (χ1v) is 9.14. The molecule has 0 saturated carbocycles. The van der Waals surface area contributed by atoms with Crippen LogP contribution in [0.15, 0.2) is 47.4 Å². The Kier molecular flexibility index (Phi) is 6.21. The number of hydrogen-bond acceptors (Lipinski definition) is 4. The van der Waals surface area contributed by atoms with E-state index in [4.69, 9.17) is 4.74 Å². The molecule has 2 aromatic heterocycles. The minimum absolute atomic E-state index is 0.0596. The van der Waals surface area contributed by atoms with Gasteiger partial charge in [0.1, 0.15) is 5.78 Å². The van der Waals surface area contributed by atoms with Crippen molar-refractivity contribution in [2.24, 2.45) is 0 Å². The van der Waals surface area contributed by atoms with Gasteiger partial charge in [-0.25, -0.2) is 9.67 Å². The Morgan fingerprint density at radius 2 is 1.73 bits per heavy atom. The molecule has 30 heavy (non-hydrogen) atoms. The van der Waals surface area contributed by atoms with Crippen LogP contribution in [0.4, 0.5) is 13.2 Å². The Balaban J connectivity index is 1.61. The normalized spacial score (nSPS) is 11.6. The molecule has 158 valence electrons. The van der Waals surface area contributed by atoms with Gasteiger partial charge in [-0.2, -0.15) is 13.2 Å². The van der Waals surface area contributed by atoms with Gasteiger partial charge in [0, 0.05) is 23.9 Å². The van der Waals surface area contributed by atoms with Gasteiger partial charge >= 0.3 is 6.18 Å². The van der Waals surface area contributed by atoms with Crippen molar-refractivity contribution >= 4 is 5.78 Å². The van der Waals surface area contributed by atoms with Crippen LogP contribution in [0.2, 0.25) is 0 Å². The summed E-state index contributed by atoms with van der Waals surface area (Å²) in [6.07, 6.45) is -2.75. The Morgan fingerprint density at radius 3 is 2.30 bits per heavy atom. The lowest BCUT2D eigenvalue weighted by atomic mass is 10.1. The number of carbonyl (C=O) groups excluding carboxylic acids is 1. The summed E-state index contributed by atoms with van der Waals surface area (Å²) < 4.78 is 44.5. The molecule has 1 aromatic carbocycles. The van der Waals surface area contributed by atoms with Gasteiger partial charge in [0.2, 0.25) is 0 Å². The van der Waals surface area contributed by atoms with Crippen LogP contribution in [0.3, 0.4) is 0 Å². The molecule has 0 bridgehead atoms. The molecule has 0 radical (unpaired) electrons. The van der Waals surface area contributed by atoms with Crippen LogP contribution in [0.5, 0.6) is 0 Å². The van der Waals surface area contributed by atoms with Gasteiger partial charge in [0.05, 0.1) is 18.8 Å². The average molecular weight is 419 g/mol. The van der Waals surface area contributed by atoms with Crippen LogP contribution in [0.1, 0.15) is 34.9 Å². The molecule has 0 saturated heterocycles. The van der Waals surface area contributed by atoms with E-state index in [-0.39, 0.29) is 31.0 Å². The molecule has 0 unspecified atom stereocenters. The molecule has 0 aliphatic carbocycles. The monoisotopic (exact) mass is 419 g/mol. The Morgan fingerprint density at radius 1 is 1.10 bits per heavy atom. The molecule has 6 nitrogen and oxygen atoms in total. The number of pyridine rings is 1. The van der Waals surface area contributed by atoms with E-state index >= 15 is 0 Å².